The molecule has 0 bridgehead atoms. The molecule has 1 amide bonds. The van der Waals surface area contributed by atoms with Crippen LogP contribution in [0.15, 0.2) is 30.7 Å². The van der Waals surface area contributed by atoms with Gasteiger partial charge in [-0.3, -0.25) is 14.5 Å². The molecule has 0 aliphatic carbocycles. The van der Waals surface area contributed by atoms with E-state index < -0.39 is 0 Å². The van der Waals surface area contributed by atoms with Crippen LogP contribution in [0, 0.1) is 11.8 Å². The molecule has 0 saturated heterocycles. The Bertz CT molecular complexity index is 682. The third kappa shape index (κ3) is 4.16. The van der Waals surface area contributed by atoms with Gasteiger partial charge in [-0.25, -0.2) is 0 Å². The number of carbonyl (C=O) groups is 1. The van der Waals surface area contributed by atoms with Gasteiger partial charge in [0.15, 0.2) is 0 Å². The number of hydrogen-bond donors (Lipinski definition) is 2. The normalized spacial score (nSPS) is 9.81. The number of aliphatic hydroxyl groups is 1. The highest BCUT2D eigenvalue weighted by atomic mass is 16.2. The topological polar surface area (TPSA) is 80.0 Å². The van der Waals surface area contributed by atoms with Crippen molar-refractivity contribution in [2.75, 3.05) is 13.2 Å². The highest BCUT2D eigenvalue weighted by molar-refractivity contribution is 5.96. The summed E-state index contributed by atoms with van der Waals surface area (Å²) in [7, 11) is 1.85. The third-order valence-electron chi connectivity index (χ3n) is 2.80. The van der Waals surface area contributed by atoms with Crippen LogP contribution in [0.25, 0.3) is 0 Å². The van der Waals surface area contributed by atoms with Crippen LogP contribution < -0.4 is 5.32 Å². The minimum Gasteiger partial charge on any atom is -0.384 e. The van der Waals surface area contributed by atoms with Crippen LogP contribution in [0.3, 0.4) is 0 Å². The summed E-state index contributed by atoms with van der Waals surface area (Å²) in [5.74, 6) is 5.02. The Balaban J connectivity index is 1.97. The fourth-order valence-electron chi connectivity index (χ4n) is 1.82. The number of aromatic nitrogens is 3. The van der Waals surface area contributed by atoms with Gasteiger partial charge in [0.2, 0.25) is 0 Å². The van der Waals surface area contributed by atoms with Gasteiger partial charge in [-0.05, 0) is 12.1 Å². The zero-order chi connectivity index (χ0) is 15.1. The average Bonchev–Trinajstić information content (AvgIpc) is 2.91. The van der Waals surface area contributed by atoms with E-state index in [2.05, 4.69) is 27.2 Å². The van der Waals surface area contributed by atoms with Crippen molar-refractivity contribution in [3.8, 4) is 11.8 Å². The van der Waals surface area contributed by atoms with Crippen LogP contribution >= 0.6 is 0 Å². The predicted octanol–water partition coefficient (Wildman–Crippen LogP) is 0.131. The third-order valence-corrected chi connectivity index (χ3v) is 2.80. The lowest BCUT2D eigenvalue weighted by Gasteiger charge is -2.05. The van der Waals surface area contributed by atoms with Crippen LogP contribution in [0.1, 0.15) is 21.6 Å². The maximum atomic E-state index is 12.1. The number of nitrogens with one attached hydrogen (secondary N) is 1. The molecule has 0 aliphatic rings. The highest BCUT2D eigenvalue weighted by Crippen LogP contribution is 2.05. The molecule has 0 saturated carbocycles. The van der Waals surface area contributed by atoms with Crippen LogP contribution in [-0.2, 0) is 13.5 Å². The number of nitrogens with zero attached hydrogens (tertiary/aromatic N) is 3. The largest absolute Gasteiger partial charge is 0.384 e. The van der Waals surface area contributed by atoms with Gasteiger partial charge in [-0.1, -0.05) is 11.8 Å². The minimum atomic E-state index is -0.254. The lowest BCUT2D eigenvalue weighted by atomic mass is 10.1. The summed E-state index contributed by atoms with van der Waals surface area (Å²) in [6.45, 7) is 0.237. The number of aliphatic hydroxyl groups excluding tert-OH is 1. The molecule has 0 aromatic carbocycles. The van der Waals surface area contributed by atoms with Crippen molar-refractivity contribution in [2.45, 2.75) is 6.42 Å². The van der Waals surface area contributed by atoms with E-state index in [1.165, 1.54) is 12.4 Å². The summed E-state index contributed by atoms with van der Waals surface area (Å²) in [4.78, 5) is 16.1. The summed E-state index contributed by atoms with van der Waals surface area (Å²) in [5.41, 5.74) is 1.88. The first-order chi connectivity index (χ1) is 10.2. The van der Waals surface area contributed by atoms with E-state index in [0.717, 1.165) is 5.69 Å². The van der Waals surface area contributed by atoms with Crippen molar-refractivity contribution < 1.29 is 9.90 Å². The van der Waals surface area contributed by atoms with Crippen molar-refractivity contribution in [3.05, 3.63) is 47.5 Å². The number of carbonyl (C=O) groups excluding carboxylic acids is 1. The first-order valence-corrected chi connectivity index (χ1v) is 6.51. The van der Waals surface area contributed by atoms with Gasteiger partial charge in [-0.15, -0.1) is 0 Å². The van der Waals surface area contributed by atoms with Crippen molar-refractivity contribution >= 4 is 5.91 Å². The van der Waals surface area contributed by atoms with E-state index >= 15 is 0 Å². The van der Waals surface area contributed by atoms with E-state index in [1.54, 1.807) is 10.7 Å². The Morgan fingerprint density at radius 2 is 2.33 bits per heavy atom. The number of hydrogen-bond acceptors (Lipinski definition) is 4. The quantitative estimate of drug-likeness (QED) is 0.782. The molecule has 0 spiro atoms. The fraction of sp³-hybridized carbons (Fsp3) is 0.267. The van der Waals surface area contributed by atoms with Crippen LogP contribution in [0.5, 0.6) is 0 Å². The lowest BCUT2D eigenvalue weighted by Crippen LogP contribution is -2.26. The van der Waals surface area contributed by atoms with Gasteiger partial charge in [0.1, 0.15) is 6.61 Å². The number of amides is 1. The highest BCUT2D eigenvalue weighted by Gasteiger charge is 2.09. The molecular formula is C15H16N4O2. The van der Waals surface area contributed by atoms with Gasteiger partial charge in [-0.2, -0.15) is 5.10 Å². The molecule has 6 nitrogen and oxygen atoms in total. The molecule has 0 fully saturated rings. The van der Waals surface area contributed by atoms with Crippen molar-refractivity contribution in [2.24, 2.45) is 7.05 Å². The second kappa shape index (κ2) is 7.22. The second-order valence-electron chi connectivity index (χ2n) is 4.37. The van der Waals surface area contributed by atoms with Crippen LogP contribution in [-0.4, -0.2) is 38.9 Å². The lowest BCUT2D eigenvalue weighted by molar-refractivity contribution is 0.0953. The Morgan fingerprint density at radius 1 is 1.48 bits per heavy atom. The first kappa shape index (κ1) is 14.8. The second-order valence-corrected chi connectivity index (χ2v) is 4.37. The van der Waals surface area contributed by atoms with Crippen molar-refractivity contribution in [3.63, 3.8) is 0 Å². The molecule has 6 heteroatoms. The van der Waals surface area contributed by atoms with Crippen molar-refractivity contribution in [1.29, 1.82) is 0 Å². The molecule has 108 valence electrons. The number of rotatable bonds is 4. The standard InChI is InChI=1S/C15H16N4O2/c1-19-9-6-13(18-19)4-8-17-15(21)14-5-7-16-11-12(14)3-2-10-20/h5-7,9,11,20H,4,8,10H2,1H3,(H,17,21). The van der Waals surface area contributed by atoms with Gasteiger partial charge < -0.3 is 10.4 Å². The maximum absolute atomic E-state index is 12.1. The Labute approximate surface area is 122 Å². The summed E-state index contributed by atoms with van der Waals surface area (Å²) in [6.07, 6.45) is 5.58. The molecule has 0 atom stereocenters. The molecule has 2 aromatic heterocycles. The van der Waals surface area contributed by atoms with Gasteiger partial charge >= 0.3 is 0 Å². The SMILES string of the molecule is Cn1ccc(CCNC(=O)c2ccncc2C#CCO)n1. The molecule has 21 heavy (non-hydrogen) atoms. The molecule has 2 aromatic rings. The smallest absolute Gasteiger partial charge is 0.252 e. The fourth-order valence-corrected chi connectivity index (χ4v) is 1.82. The molecule has 0 unspecified atom stereocenters. The van der Waals surface area contributed by atoms with E-state index in [1.807, 2.05) is 19.3 Å². The Hall–Kier alpha value is -2.65. The number of pyridine rings is 1. The summed E-state index contributed by atoms with van der Waals surface area (Å²) in [5, 5.41) is 15.8. The average molecular weight is 284 g/mol. The molecular weight excluding hydrogens is 268 g/mol. The maximum Gasteiger partial charge on any atom is 0.252 e. The van der Waals surface area contributed by atoms with Crippen molar-refractivity contribution in [1.82, 2.24) is 20.1 Å². The zero-order valence-corrected chi connectivity index (χ0v) is 11.7. The van der Waals surface area contributed by atoms with Crippen LogP contribution in [0.2, 0.25) is 0 Å². The van der Waals surface area contributed by atoms with Crippen LogP contribution in [0.4, 0.5) is 0 Å². The summed E-state index contributed by atoms with van der Waals surface area (Å²) < 4.78 is 1.72. The molecule has 2 N–H and O–H groups in total. The van der Waals surface area contributed by atoms with E-state index in [4.69, 9.17) is 5.11 Å². The van der Waals surface area contributed by atoms with E-state index in [0.29, 0.717) is 24.1 Å². The van der Waals surface area contributed by atoms with E-state index in [9.17, 15) is 4.79 Å². The summed E-state index contributed by atoms with van der Waals surface area (Å²) >= 11 is 0. The van der Waals surface area contributed by atoms with Gasteiger partial charge in [0, 0.05) is 38.6 Å². The van der Waals surface area contributed by atoms with Gasteiger partial charge in [0.05, 0.1) is 16.8 Å². The molecule has 0 radical (unpaired) electrons. The molecule has 2 heterocycles. The van der Waals surface area contributed by atoms with Gasteiger partial charge in [0.25, 0.3) is 5.91 Å². The summed E-state index contributed by atoms with van der Waals surface area (Å²) in [6, 6.07) is 3.52. The Morgan fingerprint density at radius 3 is 3.05 bits per heavy atom. The molecule has 0 aliphatic heterocycles. The monoisotopic (exact) mass is 284 g/mol. The zero-order valence-electron chi connectivity index (χ0n) is 11.7. The number of aryl methyl sites for hydroxylation is 1. The minimum absolute atomic E-state index is 0.212. The first-order valence-electron chi connectivity index (χ1n) is 6.51. The predicted molar refractivity (Wildman–Crippen MR) is 77.4 cm³/mol. The van der Waals surface area contributed by atoms with E-state index in [-0.39, 0.29) is 12.5 Å². The Kier molecular flexibility index (Phi) is 5.07. The molecule has 2 rings (SSSR count).